The molecule has 0 spiro atoms. The average Bonchev–Trinajstić information content (AvgIpc) is 3.14. The van der Waals surface area contributed by atoms with E-state index in [1.54, 1.807) is 26.0 Å². The van der Waals surface area contributed by atoms with Gasteiger partial charge in [0.15, 0.2) is 34.6 Å². The van der Waals surface area contributed by atoms with Crippen molar-refractivity contribution in [1.29, 1.82) is 5.41 Å². The molecular weight excluding hydrogens is 481 g/mol. The minimum atomic E-state index is -0.697. The Hall–Kier alpha value is -3.82. The monoisotopic (exact) mass is 515 g/mol. The maximum atomic E-state index is 15.1. The Kier molecular flexibility index (Phi) is 8.30. The summed E-state index contributed by atoms with van der Waals surface area (Å²) in [6, 6.07) is 4.84. The van der Waals surface area contributed by atoms with Gasteiger partial charge in [-0.2, -0.15) is 0 Å². The van der Waals surface area contributed by atoms with Gasteiger partial charge in [0.2, 0.25) is 0 Å². The molecule has 9 nitrogen and oxygen atoms in total. The summed E-state index contributed by atoms with van der Waals surface area (Å²) in [6.45, 7) is 10.1. The topological polar surface area (TPSA) is 110 Å². The third-order valence-electron chi connectivity index (χ3n) is 5.94. The second kappa shape index (κ2) is 11.1. The first-order chi connectivity index (χ1) is 17.5. The van der Waals surface area contributed by atoms with E-state index >= 15 is 4.39 Å². The Morgan fingerprint density at radius 2 is 1.78 bits per heavy atom. The lowest BCUT2D eigenvalue weighted by molar-refractivity contribution is 0.0962. The van der Waals surface area contributed by atoms with Crippen LogP contribution in [0.3, 0.4) is 0 Å². The van der Waals surface area contributed by atoms with Crippen molar-refractivity contribution >= 4 is 17.7 Å². The van der Waals surface area contributed by atoms with Crippen molar-refractivity contribution in [3.63, 3.8) is 0 Å². The quantitative estimate of drug-likeness (QED) is 0.467. The van der Waals surface area contributed by atoms with Gasteiger partial charge < -0.3 is 29.2 Å². The van der Waals surface area contributed by atoms with E-state index in [-0.39, 0.29) is 53.3 Å². The molecule has 2 N–H and O–H groups in total. The molecule has 0 aliphatic carbocycles. The molecule has 1 heterocycles. The molecule has 10 heteroatoms. The Labute approximate surface area is 216 Å². The summed E-state index contributed by atoms with van der Waals surface area (Å²) in [5, 5.41) is 11.1. The number of hydrogen-bond acceptors (Lipinski definition) is 7. The largest absolute Gasteiger partial charge is 0.493 e. The molecular formula is C27H34FN3O6. The van der Waals surface area contributed by atoms with Gasteiger partial charge in [0.25, 0.3) is 0 Å². The number of rotatable bonds is 9. The van der Waals surface area contributed by atoms with Gasteiger partial charge in [-0.25, -0.2) is 9.18 Å². The van der Waals surface area contributed by atoms with Crippen LogP contribution in [-0.2, 0) is 12.0 Å². The standard InChI is InChI=1S/C27H34FN3O6/c1-8-30-26(33)37-23-17(27(3,4)5)10-15(11-20(23)36-9-2)18(32)14-31-13-16-12-19(34-6)24(35-7)22(28)21(16)25(31)29/h10-12,29H,8-9,13-14H2,1-7H3,(H,30,33). The lowest BCUT2D eigenvalue weighted by Crippen LogP contribution is -2.31. The third-order valence-corrected chi connectivity index (χ3v) is 5.94. The van der Waals surface area contributed by atoms with Crippen LogP contribution in [0.2, 0.25) is 0 Å². The summed E-state index contributed by atoms with van der Waals surface area (Å²) in [5.41, 5.74) is 1.08. The number of Topliss-reactive ketones (excluding diaryl/α,β-unsaturated/α-hetero) is 1. The number of ketones is 1. The van der Waals surface area contributed by atoms with E-state index in [1.165, 1.54) is 25.2 Å². The van der Waals surface area contributed by atoms with Crippen LogP contribution in [0.25, 0.3) is 0 Å². The molecule has 3 rings (SSSR count). The van der Waals surface area contributed by atoms with Crippen LogP contribution in [0, 0.1) is 11.2 Å². The van der Waals surface area contributed by atoms with Gasteiger partial charge in [-0.1, -0.05) is 20.8 Å². The Morgan fingerprint density at radius 3 is 2.35 bits per heavy atom. The highest BCUT2D eigenvalue weighted by Crippen LogP contribution is 2.41. The summed E-state index contributed by atoms with van der Waals surface area (Å²) in [6.07, 6.45) is -0.621. The molecule has 2 aromatic carbocycles. The third kappa shape index (κ3) is 5.63. The number of halogens is 1. The zero-order chi connectivity index (χ0) is 27.5. The highest BCUT2D eigenvalue weighted by molar-refractivity contribution is 6.06. The zero-order valence-electron chi connectivity index (χ0n) is 22.3. The molecule has 0 radical (unpaired) electrons. The van der Waals surface area contributed by atoms with Gasteiger partial charge in [-0.3, -0.25) is 10.2 Å². The van der Waals surface area contributed by atoms with E-state index in [0.717, 1.165) is 0 Å². The van der Waals surface area contributed by atoms with E-state index in [4.69, 9.17) is 24.4 Å². The number of amidine groups is 1. The minimum Gasteiger partial charge on any atom is -0.493 e. The maximum Gasteiger partial charge on any atom is 0.412 e. The van der Waals surface area contributed by atoms with Gasteiger partial charge in [0, 0.05) is 24.2 Å². The number of nitrogens with zero attached hydrogens (tertiary/aromatic N) is 1. The number of ether oxygens (including phenoxy) is 4. The van der Waals surface area contributed by atoms with Crippen LogP contribution in [0.1, 0.15) is 61.7 Å². The Balaban J connectivity index is 1.97. The number of methoxy groups -OCH3 is 2. The van der Waals surface area contributed by atoms with Crippen LogP contribution in [0.5, 0.6) is 23.0 Å². The molecule has 0 saturated carbocycles. The summed E-state index contributed by atoms with van der Waals surface area (Å²) in [4.78, 5) is 27.2. The lowest BCUT2D eigenvalue weighted by atomic mass is 9.84. The predicted molar refractivity (Wildman–Crippen MR) is 137 cm³/mol. The Bertz CT molecular complexity index is 1220. The van der Waals surface area contributed by atoms with E-state index in [2.05, 4.69) is 5.32 Å². The van der Waals surface area contributed by atoms with E-state index in [0.29, 0.717) is 29.8 Å². The molecule has 0 unspecified atom stereocenters. The van der Waals surface area contributed by atoms with Crippen molar-refractivity contribution in [2.24, 2.45) is 0 Å². The number of hydrogen-bond donors (Lipinski definition) is 2. The molecule has 1 amide bonds. The number of carbonyl (C=O) groups is 2. The molecule has 1 aliphatic heterocycles. The van der Waals surface area contributed by atoms with Crippen LogP contribution >= 0.6 is 0 Å². The molecule has 200 valence electrons. The smallest absolute Gasteiger partial charge is 0.412 e. The first-order valence-corrected chi connectivity index (χ1v) is 12.0. The zero-order valence-corrected chi connectivity index (χ0v) is 22.3. The number of amides is 1. The maximum absolute atomic E-state index is 15.1. The normalized spacial score (nSPS) is 12.8. The minimum absolute atomic E-state index is 0.0847. The molecule has 0 aromatic heterocycles. The van der Waals surface area contributed by atoms with Crippen molar-refractivity contribution in [2.45, 2.75) is 46.6 Å². The fraction of sp³-hybridized carbons (Fsp3) is 0.444. The van der Waals surface area contributed by atoms with E-state index < -0.39 is 17.3 Å². The fourth-order valence-corrected chi connectivity index (χ4v) is 4.18. The van der Waals surface area contributed by atoms with Gasteiger partial charge in [0.05, 0.1) is 32.9 Å². The average molecular weight is 516 g/mol. The van der Waals surface area contributed by atoms with Crippen LogP contribution in [0.15, 0.2) is 18.2 Å². The van der Waals surface area contributed by atoms with E-state index in [9.17, 15) is 9.59 Å². The second-order valence-corrected chi connectivity index (χ2v) is 9.54. The number of benzene rings is 2. The van der Waals surface area contributed by atoms with Gasteiger partial charge in [-0.05, 0) is 43.0 Å². The number of fused-ring (bicyclic) bond motifs is 1. The number of carbonyl (C=O) groups excluding carboxylic acids is 2. The summed E-state index contributed by atoms with van der Waals surface area (Å²) in [7, 11) is 2.74. The second-order valence-electron chi connectivity index (χ2n) is 9.54. The first-order valence-electron chi connectivity index (χ1n) is 12.0. The molecule has 0 fully saturated rings. The SMILES string of the molecule is CCNC(=O)Oc1c(OCC)cc(C(=O)CN2Cc3cc(OC)c(OC)c(F)c3C2=N)cc1C(C)(C)C. The van der Waals surface area contributed by atoms with Crippen molar-refractivity contribution in [3.05, 3.63) is 46.3 Å². The predicted octanol–water partition coefficient (Wildman–Crippen LogP) is 4.67. The Morgan fingerprint density at radius 1 is 1.08 bits per heavy atom. The summed E-state index contributed by atoms with van der Waals surface area (Å²) >= 11 is 0. The molecule has 2 aromatic rings. The molecule has 0 atom stereocenters. The van der Waals surface area contributed by atoms with Gasteiger partial charge in [0.1, 0.15) is 5.84 Å². The number of nitrogens with one attached hydrogen (secondary N) is 2. The van der Waals surface area contributed by atoms with Crippen LogP contribution < -0.4 is 24.3 Å². The lowest BCUT2D eigenvalue weighted by Gasteiger charge is -2.25. The van der Waals surface area contributed by atoms with Crippen molar-refractivity contribution in [3.8, 4) is 23.0 Å². The molecule has 0 saturated heterocycles. The van der Waals surface area contributed by atoms with Crippen molar-refractivity contribution < 1.29 is 32.9 Å². The molecule has 0 bridgehead atoms. The van der Waals surface area contributed by atoms with Crippen molar-refractivity contribution in [1.82, 2.24) is 10.2 Å². The van der Waals surface area contributed by atoms with Gasteiger partial charge in [-0.15, -0.1) is 0 Å². The summed E-state index contributed by atoms with van der Waals surface area (Å²) in [5.74, 6) is -0.454. The van der Waals surface area contributed by atoms with Crippen LogP contribution in [-0.4, -0.2) is 56.5 Å². The highest BCUT2D eigenvalue weighted by Gasteiger charge is 2.33. The van der Waals surface area contributed by atoms with E-state index in [1.807, 2.05) is 20.8 Å². The highest BCUT2D eigenvalue weighted by atomic mass is 19.1. The molecule has 37 heavy (non-hydrogen) atoms. The van der Waals surface area contributed by atoms with Gasteiger partial charge >= 0.3 is 6.09 Å². The molecule has 1 aliphatic rings. The fourth-order valence-electron chi connectivity index (χ4n) is 4.18. The van der Waals surface area contributed by atoms with Crippen LogP contribution in [0.4, 0.5) is 9.18 Å². The summed E-state index contributed by atoms with van der Waals surface area (Å²) < 4.78 is 36.8. The first kappa shape index (κ1) is 27.8. The van der Waals surface area contributed by atoms with Crippen molar-refractivity contribution in [2.75, 3.05) is 33.9 Å².